The van der Waals surface area contributed by atoms with E-state index < -0.39 is 6.09 Å². The Bertz CT molecular complexity index is 1550. The summed E-state index contributed by atoms with van der Waals surface area (Å²) in [5, 5.41) is 3.13. The molecule has 7 heteroatoms. The number of benzene rings is 3. The number of pyridine rings is 1. The van der Waals surface area contributed by atoms with E-state index in [4.69, 9.17) is 14.2 Å². The van der Waals surface area contributed by atoms with Gasteiger partial charge in [0.2, 0.25) is 0 Å². The van der Waals surface area contributed by atoms with Crippen molar-refractivity contribution in [2.75, 3.05) is 14.2 Å². The van der Waals surface area contributed by atoms with Gasteiger partial charge < -0.3 is 19.2 Å². The van der Waals surface area contributed by atoms with Crippen molar-refractivity contribution >= 4 is 27.6 Å². The lowest BCUT2D eigenvalue weighted by molar-refractivity contribution is 0.202. The van der Waals surface area contributed by atoms with Crippen LogP contribution in [0.3, 0.4) is 0 Å². The van der Waals surface area contributed by atoms with Crippen molar-refractivity contribution in [2.24, 2.45) is 0 Å². The summed E-state index contributed by atoms with van der Waals surface area (Å²) in [7, 11) is 3.18. The molecule has 0 saturated heterocycles. The van der Waals surface area contributed by atoms with E-state index in [1.165, 1.54) is 4.57 Å². The lowest BCUT2D eigenvalue weighted by atomic mass is 10.0. The van der Waals surface area contributed by atoms with Crippen molar-refractivity contribution in [2.45, 2.75) is 0 Å². The normalized spacial score (nSPS) is 11.0. The van der Waals surface area contributed by atoms with E-state index in [0.717, 1.165) is 33.0 Å². The highest BCUT2D eigenvalue weighted by atomic mass is 16.6. The van der Waals surface area contributed by atoms with Crippen molar-refractivity contribution in [3.05, 3.63) is 89.6 Å². The molecule has 0 atom stereocenters. The topological polar surface area (TPSA) is 82.5 Å². The van der Waals surface area contributed by atoms with Crippen LogP contribution in [0.4, 0.5) is 4.79 Å². The van der Waals surface area contributed by atoms with E-state index in [0.29, 0.717) is 16.9 Å². The van der Waals surface area contributed by atoms with Crippen molar-refractivity contribution in [3.63, 3.8) is 0 Å². The number of nitrogens with zero attached hydrogens (tertiary/aromatic N) is 1. The van der Waals surface area contributed by atoms with Gasteiger partial charge in [0.05, 0.1) is 14.2 Å². The minimum atomic E-state index is -0.517. The van der Waals surface area contributed by atoms with Crippen LogP contribution in [0.15, 0.2) is 84.0 Å². The van der Waals surface area contributed by atoms with Gasteiger partial charge in [-0.2, -0.15) is 0 Å². The highest BCUT2D eigenvalue weighted by molar-refractivity contribution is 5.96. The molecule has 2 aromatic heterocycles. The molecular formula is C26H20N2O5. The SMILES string of the molecule is COc1ccc2cn(C(=O)Oc3ccc(-c4c[nH]c(=O)c5ccc(OC)cc45)cc3)cc2c1. The zero-order valence-corrected chi connectivity index (χ0v) is 18.0. The molecule has 0 saturated carbocycles. The van der Waals surface area contributed by atoms with Crippen LogP contribution in [0, 0.1) is 0 Å². The Balaban J connectivity index is 1.42. The molecular weight excluding hydrogens is 420 g/mol. The van der Waals surface area contributed by atoms with Crippen molar-refractivity contribution < 1.29 is 19.0 Å². The van der Waals surface area contributed by atoms with Crippen LogP contribution < -0.4 is 19.8 Å². The molecule has 0 bridgehead atoms. The molecule has 0 aliphatic heterocycles. The molecule has 33 heavy (non-hydrogen) atoms. The first-order valence-corrected chi connectivity index (χ1v) is 10.2. The summed E-state index contributed by atoms with van der Waals surface area (Å²) in [6, 6.07) is 18.0. The summed E-state index contributed by atoms with van der Waals surface area (Å²) < 4.78 is 17.5. The van der Waals surface area contributed by atoms with Crippen LogP contribution in [-0.2, 0) is 0 Å². The number of nitrogens with one attached hydrogen (secondary N) is 1. The number of methoxy groups -OCH3 is 2. The van der Waals surface area contributed by atoms with Crippen LogP contribution in [0.2, 0.25) is 0 Å². The number of rotatable bonds is 4. The third kappa shape index (κ3) is 3.80. The highest BCUT2D eigenvalue weighted by Gasteiger charge is 2.12. The number of aromatic nitrogens is 2. The molecule has 0 fully saturated rings. The molecule has 0 spiro atoms. The number of ether oxygens (including phenoxy) is 3. The maximum absolute atomic E-state index is 12.6. The summed E-state index contributed by atoms with van der Waals surface area (Å²) in [5.74, 6) is 1.79. The van der Waals surface area contributed by atoms with Gasteiger partial charge in [-0.05, 0) is 54.1 Å². The van der Waals surface area contributed by atoms with E-state index in [9.17, 15) is 9.59 Å². The minimum Gasteiger partial charge on any atom is -0.497 e. The Hall–Kier alpha value is -4.52. The van der Waals surface area contributed by atoms with E-state index in [-0.39, 0.29) is 5.56 Å². The van der Waals surface area contributed by atoms with Gasteiger partial charge in [0.25, 0.3) is 5.56 Å². The standard InChI is InChI=1S/C26H20N2O5/c1-31-20-8-5-17-14-28(15-18(17)11-20)26(30)33-19-6-3-16(4-7-19)24-13-27-25(29)22-10-9-21(32-2)12-23(22)24/h3-15H,1-2H3,(H,27,29). The quantitative estimate of drug-likeness (QED) is 0.415. The minimum absolute atomic E-state index is 0.168. The second-order valence-electron chi connectivity index (χ2n) is 7.50. The molecule has 0 aliphatic rings. The van der Waals surface area contributed by atoms with Crippen LogP contribution in [0.1, 0.15) is 0 Å². The van der Waals surface area contributed by atoms with Gasteiger partial charge in [-0.15, -0.1) is 0 Å². The van der Waals surface area contributed by atoms with Crippen LogP contribution in [-0.4, -0.2) is 29.9 Å². The van der Waals surface area contributed by atoms with E-state index in [1.807, 2.05) is 36.4 Å². The first-order chi connectivity index (χ1) is 16.1. The molecule has 0 radical (unpaired) electrons. The van der Waals surface area contributed by atoms with Gasteiger partial charge in [-0.25, -0.2) is 4.79 Å². The maximum Gasteiger partial charge on any atom is 0.423 e. The van der Waals surface area contributed by atoms with Crippen molar-refractivity contribution in [1.82, 2.24) is 9.55 Å². The molecule has 5 rings (SSSR count). The zero-order chi connectivity index (χ0) is 22.9. The Labute approximate surface area is 188 Å². The average Bonchev–Trinajstić information content (AvgIpc) is 3.28. The predicted molar refractivity (Wildman–Crippen MR) is 126 cm³/mol. The fourth-order valence-corrected chi connectivity index (χ4v) is 3.81. The van der Waals surface area contributed by atoms with Crippen LogP contribution >= 0.6 is 0 Å². The zero-order valence-electron chi connectivity index (χ0n) is 18.0. The van der Waals surface area contributed by atoms with Gasteiger partial charge in [0, 0.05) is 45.7 Å². The second kappa shape index (κ2) is 8.20. The maximum atomic E-state index is 12.6. The summed E-state index contributed by atoms with van der Waals surface area (Å²) in [6.07, 6.45) is 4.57. The number of hydrogen-bond acceptors (Lipinski definition) is 5. The Kier molecular flexibility index (Phi) is 5.06. The molecule has 0 aliphatic carbocycles. The van der Waals surface area contributed by atoms with Crippen molar-refractivity contribution in [1.29, 1.82) is 0 Å². The molecule has 0 unspecified atom stereocenters. The Morgan fingerprint density at radius 2 is 1.45 bits per heavy atom. The highest BCUT2D eigenvalue weighted by Crippen LogP contribution is 2.30. The number of carbonyl (C=O) groups is 1. The van der Waals surface area contributed by atoms with E-state index >= 15 is 0 Å². The Morgan fingerprint density at radius 1 is 0.788 bits per heavy atom. The summed E-state index contributed by atoms with van der Waals surface area (Å²) in [4.78, 5) is 27.6. The summed E-state index contributed by atoms with van der Waals surface area (Å²) >= 11 is 0. The number of hydrogen-bond donors (Lipinski definition) is 1. The van der Waals surface area contributed by atoms with E-state index in [1.54, 1.807) is 57.1 Å². The molecule has 7 nitrogen and oxygen atoms in total. The smallest absolute Gasteiger partial charge is 0.423 e. The van der Waals surface area contributed by atoms with E-state index in [2.05, 4.69) is 4.98 Å². The largest absolute Gasteiger partial charge is 0.497 e. The molecule has 0 amide bonds. The van der Waals surface area contributed by atoms with Gasteiger partial charge in [-0.1, -0.05) is 12.1 Å². The summed E-state index contributed by atoms with van der Waals surface area (Å²) in [6.45, 7) is 0. The first kappa shape index (κ1) is 20.4. The number of H-pyrrole nitrogens is 1. The average molecular weight is 440 g/mol. The number of aromatic amines is 1. The van der Waals surface area contributed by atoms with Crippen molar-refractivity contribution in [3.8, 4) is 28.4 Å². The fourth-order valence-electron chi connectivity index (χ4n) is 3.81. The third-order valence-corrected chi connectivity index (χ3v) is 5.54. The van der Waals surface area contributed by atoms with Gasteiger partial charge >= 0.3 is 6.09 Å². The molecule has 3 aromatic carbocycles. The fraction of sp³-hybridized carbons (Fsp3) is 0.0769. The second-order valence-corrected chi connectivity index (χ2v) is 7.50. The van der Waals surface area contributed by atoms with Gasteiger partial charge in [0.15, 0.2) is 0 Å². The third-order valence-electron chi connectivity index (χ3n) is 5.54. The number of carbonyl (C=O) groups excluding carboxylic acids is 1. The molecule has 164 valence electrons. The van der Waals surface area contributed by atoms with Crippen LogP contribution in [0.5, 0.6) is 17.2 Å². The number of fused-ring (bicyclic) bond motifs is 2. The van der Waals surface area contributed by atoms with Crippen LogP contribution in [0.25, 0.3) is 32.7 Å². The van der Waals surface area contributed by atoms with Gasteiger partial charge in [-0.3, -0.25) is 9.36 Å². The molecule has 1 N–H and O–H groups in total. The lowest BCUT2D eigenvalue weighted by Gasteiger charge is -2.09. The molecule has 2 heterocycles. The first-order valence-electron chi connectivity index (χ1n) is 10.2. The van der Waals surface area contributed by atoms with Gasteiger partial charge in [0.1, 0.15) is 17.2 Å². The molecule has 5 aromatic rings. The lowest BCUT2D eigenvalue weighted by Crippen LogP contribution is -2.14. The Morgan fingerprint density at radius 3 is 2.21 bits per heavy atom. The summed E-state index contributed by atoms with van der Waals surface area (Å²) in [5.41, 5.74) is 1.54. The predicted octanol–water partition coefficient (Wildman–Crippen LogP) is 5.21. The monoisotopic (exact) mass is 440 g/mol.